The fourth-order valence-electron chi connectivity index (χ4n) is 6.80. The van der Waals surface area contributed by atoms with E-state index < -0.39 is 0 Å². The first-order valence-corrected chi connectivity index (χ1v) is 17.6. The van der Waals surface area contributed by atoms with Crippen LogP contribution in [0.15, 0.2) is 0 Å². The van der Waals surface area contributed by atoms with Crippen molar-refractivity contribution in [2.24, 2.45) is 23.2 Å². The lowest BCUT2D eigenvalue weighted by Crippen LogP contribution is -2.67. The second kappa shape index (κ2) is 19.1. The highest BCUT2D eigenvalue weighted by atomic mass is 32.1. The van der Waals surface area contributed by atoms with E-state index in [9.17, 15) is 4.79 Å². The predicted octanol–water partition coefficient (Wildman–Crippen LogP) is 0.0965. The Hall–Kier alpha value is -1.72. The maximum atomic E-state index is 12.2. The maximum Gasteiger partial charge on any atom is 0.407 e. The third-order valence-corrected chi connectivity index (χ3v) is 9.76. The van der Waals surface area contributed by atoms with Gasteiger partial charge in [-0.05, 0) is 62.1 Å². The largest absolute Gasteiger partial charge is 0.449 e. The lowest BCUT2D eigenvalue weighted by molar-refractivity contribution is 0.137. The molecule has 4 fully saturated rings. The molecule has 0 aromatic rings. The van der Waals surface area contributed by atoms with Crippen LogP contribution in [0.25, 0.3) is 0 Å². The van der Waals surface area contributed by atoms with Crippen molar-refractivity contribution in [1.82, 2.24) is 47.9 Å². The van der Waals surface area contributed by atoms with Crippen molar-refractivity contribution in [1.29, 1.82) is 0 Å². The molecule has 0 spiro atoms. The van der Waals surface area contributed by atoms with Gasteiger partial charge in [-0.25, -0.2) is 4.79 Å². The summed E-state index contributed by atoms with van der Waals surface area (Å²) in [6, 6.07) is 0. The third-order valence-electron chi connectivity index (χ3n) is 9.51. The Morgan fingerprint density at radius 2 is 1.23 bits per heavy atom. The molecule has 11 nitrogen and oxygen atoms in total. The standard InChI is InChI=1S/C32H59N9O2S/c1-31-20-33-13-16-36-23-32(24-37-17-14-34-21-31,25-38-18-15-35-22-31)41-29(44)39-11-7-4-8-12-40-30(42)43-19-28-26-9-5-2-3-6-10-27(26)28/h26-28,33-38H,4-25H2,1H3,(H,40,42)(H2,39,41,44)/t26-,27+,28?,31?,32?. The van der Waals surface area contributed by atoms with Crippen LogP contribution < -0.4 is 47.9 Å². The van der Waals surface area contributed by atoms with Gasteiger partial charge in [0, 0.05) is 110 Å². The molecule has 2 aliphatic carbocycles. The van der Waals surface area contributed by atoms with Gasteiger partial charge < -0.3 is 52.6 Å². The van der Waals surface area contributed by atoms with E-state index in [1.807, 2.05) is 0 Å². The second-order valence-corrected chi connectivity index (χ2v) is 13.9. The number of carbonyl (C=O) groups excluding carboxylic acids is 1. The van der Waals surface area contributed by atoms with Crippen molar-refractivity contribution in [3.05, 3.63) is 0 Å². The van der Waals surface area contributed by atoms with E-state index in [-0.39, 0.29) is 17.0 Å². The van der Waals surface area contributed by atoms with Crippen LogP contribution in [-0.4, -0.2) is 115 Å². The number of carbonyl (C=O) groups is 1. The first kappa shape index (κ1) is 35.1. The number of hydrogen-bond acceptors (Lipinski definition) is 9. The zero-order valence-corrected chi connectivity index (χ0v) is 27.8. The summed E-state index contributed by atoms with van der Waals surface area (Å²) in [5.41, 5.74) is -0.0916. The lowest BCUT2D eigenvalue weighted by atomic mass is 9.90. The molecule has 3 heterocycles. The smallest absolute Gasteiger partial charge is 0.407 e. The summed E-state index contributed by atoms with van der Waals surface area (Å²) in [7, 11) is 0. The molecule has 3 atom stereocenters. The van der Waals surface area contributed by atoms with Crippen LogP contribution in [0.1, 0.15) is 51.9 Å². The number of nitrogens with one attached hydrogen (secondary N) is 9. The van der Waals surface area contributed by atoms with Gasteiger partial charge in [0.1, 0.15) is 0 Å². The van der Waals surface area contributed by atoms with Crippen molar-refractivity contribution in [2.75, 3.05) is 98.2 Å². The first-order chi connectivity index (χ1) is 21.5. The highest BCUT2D eigenvalue weighted by molar-refractivity contribution is 7.80. The molecule has 2 bridgehead atoms. The minimum Gasteiger partial charge on any atom is -0.449 e. The Balaban J connectivity index is 1.11. The van der Waals surface area contributed by atoms with Crippen LogP contribution in [0, 0.1) is 35.0 Å². The lowest BCUT2D eigenvalue weighted by Gasteiger charge is -2.38. The Labute approximate surface area is 271 Å². The number of fused-ring (bicyclic) bond motifs is 16. The van der Waals surface area contributed by atoms with Crippen molar-refractivity contribution >= 4 is 23.4 Å². The Bertz CT molecular complexity index is 881. The zero-order valence-electron chi connectivity index (χ0n) is 27.0. The molecule has 3 aliphatic heterocycles. The van der Waals surface area contributed by atoms with Gasteiger partial charge in [-0.15, -0.1) is 11.8 Å². The predicted molar refractivity (Wildman–Crippen MR) is 182 cm³/mol. The molecule has 5 aliphatic rings. The van der Waals surface area contributed by atoms with Crippen LogP contribution in [0.4, 0.5) is 4.79 Å². The van der Waals surface area contributed by atoms with Crippen LogP contribution >= 0.6 is 12.2 Å². The summed E-state index contributed by atoms with van der Waals surface area (Å²) >= 11 is 5.77. The van der Waals surface area contributed by atoms with E-state index in [0.717, 1.165) is 130 Å². The average Bonchev–Trinajstić information content (AvgIpc) is 3.64. The highest BCUT2D eigenvalue weighted by Crippen LogP contribution is 2.52. The number of thiocarbonyl (C=S) groups is 1. The topological polar surface area (TPSA) is 135 Å². The molecular weight excluding hydrogens is 574 g/mol. The molecule has 44 heavy (non-hydrogen) atoms. The molecule has 12 heteroatoms. The van der Waals surface area contributed by atoms with Crippen molar-refractivity contribution < 1.29 is 9.53 Å². The monoisotopic (exact) mass is 633 g/mol. The van der Waals surface area contributed by atoms with Gasteiger partial charge in [-0.3, -0.25) is 0 Å². The summed E-state index contributed by atoms with van der Waals surface area (Å²) in [5, 5.41) is 32.7. The van der Waals surface area contributed by atoms with E-state index in [4.69, 9.17) is 17.0 Å². The number of amides is 1. The Morgan fingerprint density at radius 1 is 0.750 bits per heavy atom. The minimum absolute atomic E-state index is 0.171. The summed E-state index contributed by atoms with van der Waals surface area (Å²) in [6.07, 6.45) is 6.89. The first-order valence-electron chi connectivity index (χ1n) is 17.2. The van der Waals surface area contributed by atoms with Crippen LogP contribution in [0.2, 0.25) is 0 Å². The number of unbranched alkanes of at least 4 members (excludes halogenated alkanes) is 2. The van der Waals surface area contributed by atoms with E-state index in [1.54, 1.807) is 0 Å². The molecule has 0 aromatic heterocycles. The van der Waals surface area contributed by atoms with Gasteiger partial charge in [0.15, 0.2) is 5.11 Å². The van der Waals surface area contributed by atoms with Crippen LogP contribution in [0.5, 0.6) is 0 Å². The normalized spacial score (nSPS) is 31.8. The SMILES string of the molecule is CC12CNCCNCC(NC(=S)NCCCCCNC(=O)OCC3[C@H]4CCC#CCC[C@@H]34)(CNCCNC1)CNCCNC2. The average molecular weight is 634 g/mol. The third kappa shape index (κ3) is 12.6. The number of hydrogen-bond donors (Lipinski definition) is 9. The molecule has 9 N–H and O–H groups in total. The molecule has 0 radical (unpaired) electrons. The van der Waals surface area contributed by atoms with Gasteiger partial charge >= 0.3 is 6.09 Å². The van der Waals surface area contributed by atoms with E-state index >= 15 is 0 Å². The fourth-order valence-corrected chi connectivity index (χ4v) is 7.12. The van der Waals surface area contributed by atoms with E-state index in [2.05, 4.69) is 66.6 Å². The molecule has 1 unspecified atom stereocenters. The summed E-state index contributed by atoms with van der Waals surface area (Å²) in [4.78, 5) is 12.2. The zero-order chi connectivity index (χ0) is 30.9. The minimum atomic E-state index is -0.286. The maximum absolute atomic E-state index is 12.2. The summed E-state index contributed by atoms with van der Waals surface area (Å²) in [6.45, 7) is 15.1. The van der Waals surface area contributed by atoms with Gasteiger partial charge in [0.2, 0.25) is 0 Å². The number of alkyl carbamates (subject to hydrolysis) is 1. The number of ether oxygens (including phenoxy) is 1. The van der Waals surface area contributed by atoms with Gasteiger partial charge in [0.05, 0.1) is 12.1 Å². The fraction of sp³-hybridized carbons (Fsp3) is 0.875. The van der Waals surface area contributed by atoms with Crippen LogP contribution in [-0.2, 0) is 4.74 Å². The van der Waals surface area contributed by atoms with Crippen molar-refractivity contribution in [3.8, 4) is 11.8 Å². The number of rotatable bonds is 9. The molecule has 0 aromatic carbocycles. The van der Waals surface area contributed by atoms with Crippen molar-refractivity contribution in [3.63, 3.8) is 0 Å². The molecule has 5 rings (SSSR count). The van der Waals surface area contributed by atoms with Gasteiger partial charge in [-0.1, -0.05) is 6.92 Å². The molecule has 250 valence electrons. The highest BCUT2D eigenvalue weighted by Gasteiger charge is 2.49. The second-order valence-electron chi connectivity index (χ2n) is 13.5. The molecule has 3 saturated heterocycles. The Kier molecular flexibility index (Phi) is 15.2. The molecule has 1 amide bonds. The summed E-state index contributed by atoms with van der Waals surface area (Å²) in [5.74, 6) is 8.40. The van der Waals surface area contributed by atoms with Gasteiger partial charge in [-0.2, -0.15) is 0 Å². The molecular formula is C32H59N9O2S. The van der Waals surface area contributed by atoms with Gasteiger partial charge in [0.25, 0.3) is 0 Å². The van der Waals surface area contributed by atoms with Crippen molar-refractivity contribution in [2.45, 2.75) is 57.4 Å². The summed E-state index contributed by atoms with van der Waals surface area (Å²) < 4.78 is 5.53. The van der Waals surface area contributed by atoms with Crippen LogP contribution in [0.3, 0.4) is 0 Å². The van der Waals surface area contributed by atoms with E-state index in [0.29, 0.717) is 36.0 Å². The quantitative estimate of drug-likeness (QED) is 0.0973. The van der Waals surface area contributed by atoms with E-state index in [1.165, 1.54) is 0 Å². The Morgan fingerprint density at radius 3 is 1.75 bits per heavy atom. The molecule has 1 saturated carbocycles.